The number of anilines is 1. The molecule has 0 saturated heterocycles. The summed E-state index contributed by atoms with van der Waals surface area (Å²) in [7, 11) is 0. The van der Waals surface area contributed by atoms with Crippen LogP contribution in [0.5, 0.6) is 0 Å². The molecule has 0 atom stereocenters. The van der Waals surface area contributed by atoms with Crippen LogP contribution in [0, 0.1) is 0 Å². The van der Waals surface area contributed by atoms with Gasteiger partial charge in [-0.15, -0.1) is 0 Å². The Hall–Kier alpha value is -3.23. The molecule has 2 N–H and O–H groups in total. The van der Waals surface area contributed by atoms with Crippen LogP contribution in [0.2, 0.25) is 0 Å². The third kappa shape index (κ3) is 4.19. The van der Waals surface area contributed by atoms with Crippen molar-refractivity contribution in [1.29, 1.82) is 0 Å². The van der Waals surface area contributed by atoms with Gasteiger partial charge in [0.05, 0.1) is 5.69 Å². The standard InChI is InChI=1S/C16H18N6O3/c1-2-3-14(23)17-12-6-8-13(9-7-12)22-16(25)21(19-20-22)10-15(24)18-11-4-5-11/h2-3,6-9,11H,4-5,10H2,1H3,(H,17,23)(H,18,24). The number of carbonyl (C=O) groups excluding carboxylic acids is 2. The van der Waals surface area contributed by atoms with E-state index < -0.39 is 5.69 Å². The molecule has 1 fully saturated rings. The lowest BCUT2D eigenvalue weighted by Gasteiger charge is -2.04. The molecule has 0 radical (unpaired) electrons. The maximum Gasteiger partial charge on any atom is 0.368 e. The molecule has 130 valence electrons. The van der Waals surface area contributed by atoms with E-state index in [0.717, 1.165) is 22.2 Å². The molecule has 0 bridgehead atoms. The summed E-state index contributed by atoms with van der Waals surface area (Å²) in [5.41, 5.74) is 0.579. The summed E-state index contributed by atoms with van der Waals surface area (Å²) in [6.45, 7) is 1.59. The van der Waals surface area contributed by atoms with Crippen LogP contribution in [0.25, 0.3) is 5.69 Å². The Bertz CT molecular complexity index is 861. The Labute approximate surface area is 143 Å². The van der Waals surface area contributed by atoms with Crippen molar-refractivity contribution < 1.29 is 9.59 Å². The van der Waals surface area contributed by atoms with Crippen molar-refractivity contribution in [1.82, 2.24) is 25.1 Å². The van der Waals surface area contributed by atoms with Gasteiger partial charge in [-0.3, -0.25) is 9.59 Å². The van der Waals surface area contributed by atoms with Gasteiger partial charge in [0.1, 0.15) is 6.54 Å². The first kappa shape index (κ1) is 16.6. The molecule has 9 heteroatoms. The summed E-state index contributed by atoms with van der Waals surface area (Å²) in [6, 6.07) is 6.80. The fourth-order valence-electron chi connectivity index (χ4n) is 2.19. The van der Waals surface area contributed by atoms with E-state index in [1.807, 2.05) is 0 Å². The molecule has 3 rings (SSSR count). The maximum atomic E-state index is 12.3. The van der Waals surface area contributed by atoms with Crippen LogP contribution >= 0.6 is 0 Å². The lowest BCUT2D eigenvalue weighted by Crippen LogP contribution is -2.34. The number of tetrazole rings is 1. The summed E-state index contributed by atoms with van der Waals surface area (Å²) >= 11 is 0. The Morgan fingerprint density at radius 2 is 1.96 bits per heavy atom. The molecule has 2 aromatic rings. The van der Waals surface area contributed by atoms with Crippen LogP contribution in [0.3, 0.4) is 0 Å². The third-order valence-corrected chi connectivity index (χ3v) is 3.57. The highest BCUT2D eigenvalue weighted by molar-refractivity contribution is 5.99. The number of benzene rings is 1. The largest absolute Gasteiger partial charge is 0.368 e. The second-order valence-corrected chi connectivity index (χ2v) is 5.71. The summed E-state index contributed by atoms with van der Waals surface area (Å²) < 4.78 is 2.11. The van der Waals surface area contributed by atoms with Crippen molar-refractivity contribution in [2.75, 3.05) is 5.32 Å². The zero-order chi connectivity index (χ0) is 17.8. The van der Waals surface area contributed by atoms with Crippen LogP contribution in [-0.2, 0) is 16.1 Å². The van der Waals surface area contributed by atoms with Crippen LogP contribution < -0.4 is 16.3 Å². The zero-order valence-corrected chi connectivity index (χ0v) is 13.7. The molecule has 0 unspecified atom stereocenters. The first-order valence-electron chi connectivity index (χ1n) is 7.93. The number of aromatic nitrogens is 4. The molecule has 9 nitrogen and oxygen atoms in total. The highest BCUT2D eigenvalue weighted by atomic mass is 16.2. The average molecular weight is 342 g/mol. The first-order chi connectivity index (χ1) is 12.1. The number of nitrogens with zero attached hydrogens (tertiary/aromatic N) is 4. The highest BCUT2D eigenvalue weighted by Crippen LogP contribution is 2.18. The van der Waals surface area contributed by atoms with Crippen molar-refractivity contribution in [3.8, 4) is 5.69 Å². The van der Waals surface area contributed by atoms with E-state index in [-0.39, 0.29) is 24.4 Å². The molecule has 1 aliphatic rings. The average Bonchev–Trinajstić information content (AvgIpc) is 3.32. The molecule has 0 spiro atoms. The van der Waals surface area contributed by atoms with Gasteiger partial charge in [-0.1, -0.05) is 6.08 Å². The molecule has 1 heterocycles. The van der Waals surface area contributed by atoms with Crippen LogP contribution in [0.4, 0.5) is 5.69 Å². The third-order valence-electron chi connectivity index (χ3n) is 3.57. The van der Waals surface area contributed by atoms with Gasteiger partial charge in [-0.2, -0.15) is 9.36 Å². The fraction of sp³-hybridized carbons (Fsp3) is 0.312. The number of amides is 2. The van der Waals surface area contributed by atoms with Gasteiger partial charge in [0.25, 0.3) is 0 Å². The number of carbonyl (C=O) groups is 2. The second kappa shape index (κ2) is 7.12. The second-order valence-electron chi connectivity index (χ2n) is 5.71. The quantitative estimate of drug-likeness (QED) is 0.730. The highest BCUT2D eigenvalue weighted by Gasteiger charge is 2.24. The first-order valence-corrected chi connectivity index (χ1v) is 7.93. The van der Waals surface area contributed by atoms with Crippen molar-refractivity contribution in [3.63, 3.8) is 0 Å². The summed E-state index contributed by atoms with van der Waals surface area (Å²) in [6.07, 6.45) is 5.01. The van der Waals surface area contributed by atoms with E-state index in [1.165, 1.54) is 6.08 Å². The minimum absolute atomic E-state index is 0.160. The van der Waals surface area contributed by atoms with Gasteiger partial charge in [0.2, 0.25) is 11.8 Å². The molecule has 25 heavy (non-hydrogen) atoms. The minimum atomic E-state index is -0.503. The monoisotopic (exact) mass is 342 g/mol. The Morgan fingerprint density at radius 3 is 2.60 bits per heavy atom. The van der Waals surface area contributed by atoms with Crippen LogP contribution in [0.15, 0.2) is 41.2 Å². The lowest BCUT2D eigenvalue weighted by molar-refractivity contribution is -0.122. The predicted octanol–water partition coefficient (Wildman–Crippen LogP) is 0.222. The molecular weight excluding hydrogens is 324 g/mol. The van der Waals surface area contributed by atoms with Crippen molar-refractivity contribution in [2.45, 2.75) is 32.4 Å². The van der Waals surface area contributed by atoms with Crippen molar-refractivity contribution in [2.24, 2.45) is 0 Å². The smallest absolute Gasteiger partial charge is 0.352 e. The number of hydrogen-bond acceptors (Lipinski definition) is 5. The summed E-state index contributed by atoms with van der Waals surface area (Å²) in [5.74, 6) is -0.487. The van der Waals surface area contributed by atoms with Gasteiger partial charge >= 0.3 is 5.69 Å². The van der Waals surface area contributed by atoms with E-state index in [9.17, 15) is 14.4 Å². The SMILES string of the molecule is CC=CC(=O)Nc1ccc(-n2nnn(CC(=O)NC3CC3)c2=O)cc1. The van der Waals surface area contributed by atoms with E-state index in [0.29, 0.717) is 11.4 Å². The fourth-order valence-corrected chi connectivity index (χ4v) is 2.19. The lowest BCUT2D eigenvalue weighted by atomic mass is 10.3. The van der Waals surface area contributed by atoms with Gasteiger partial charge in [-0.25, -0.2) is 4.79 Å². The molecule has 1 aromatic carbocycles. The van der Waals surface area contributed by atoms with Gasteiger partial charge in [0, 0.05) is 11.7 Å². The zero-order valence-electron chi connectivity index (χ0n) is 13.7. The van der Waals surface area contributed by atoms with Crippen LogP contribution in [-0.4, -0.2) is 37.6 Å². The Balaban J connectivity index is 1.70. The van der Waals surface area contributed by atoms with Crippen molar-refractivity contribution >= 4 is 17.5 Å². The van der Waals surface area contributed by atoms with E-state index in [4.69, 9.17) is 0 Å². The van der Waals surface area contributed by atoms with E-state index >= 15 is 0 Å². The molecule has 2 amide bonds. The number of nitrogens with one attached hydrogen (secondary N) is 2. The minimum Gasteiger partial charge on any atom is -0.352 e. The van der Waals surface area contributed by atoms with E-state index in [1.54, 1.807) is 37.3 Å². The maximum absolute atomic E-state index is 12.3. The normalized spacial score (nSPS) is 13.8. The summed E-state index contributed by atoms with van der Waals surface area (Å²) in [5, 5.41) is 13.0. The predicted molar refractivity (Wildman–Crippen MR) is 90.2 cm³/mol. The van der Waals surface area contributed by atoms with E-state index in [2.05, 4.69) is 21.1 Å². The molecule has 0 aliphatic heterocycles. The Morgan fingerprint density at radius 1 is 1.24 bits per heavy atom. The molecule has 1 aromatic heterocycles. The Kier molecular flexibility index (Phi) is 4.73. The van der Waals surface area contributed by atoms with Gasteiger partial charge in [-0.05, 0) is 60.5 Å². The molecule has 1 saturated carbocycles. The van der Waals surface area contributed by atoms with Gasteiger partial charge in [0.15, 0.2) is 0 Å². The molecular formula is C16H18N6O3. The van der Waals surface area contributed by atoms with Gasteiger partial charge < -0.3 is 10.6 Å². The number of rotatable bonds is 6. The number of allylic oxidation sites excluding steroid dienone is 1. The number of hydrogen-bond donors (Lipinski definition) is 2. The summed E-state index contributed by atoms with van der Waals surface area (Å²) in [4.78, 5) is 35.6. The van der Waals surface area contributed by atoms with Crippen LogP contribution in [0.1, 0.15) is 19.8 Å². The van der Waals surface area contributed by atoms with Crippen molar-refractivity contribution in [3.05, 3.63) is 46.9 Å². The molecule has 1 aliphatic carbocycles. The topological polar surface area (TPSA) is 111 Å².